The Hall–Kier alpha value is -1.75. The third kappa shape index (κ3) is 2.35. The Balaban J connectivity index is 1.84. The van der Waals surface area contributed by atoms with Crippen LogP contribution >= 0.6 is 0 Å². The van der Waals surface area contributed by atoms with E-state index in [2.05, 4.69) is 0 Å². The number of rotatable bonds is 4. The van der Waals surface area contributed by atoms with Crippen molar-refractivity contribution in [1.82, 2.24) is 0 Å². The van der Waals surface area contributed by atoms with Crippen molar-refractivity contribution in [3.05, 3.63) is 42.0 Å². The van der Waals surface area contributed by atoms with E-state index in [0.717, 1.165) is 23.3 Å². The maximum atomic E-state index is 12.4. The van der Waals surface area contributed by atoms with Gasteiger partial charge in [0.2, 0.25) is 0 Å². The topological polar surface area (TPSA) is 67.2 Å². The molecule has 1 heterocycles. The summed E-state index contributed by atoms with van der Waals surface area (Å²) in [6.07, 6.45) is 5.10. The van der Waals surface area contributed by atoms with E-state index in [9.17, 15) is 9.00 Å². The third-order valence-corrected chi connectivity index (χ3v) is 5.57. The lowest BCUT2D eigenvalue weighted by molar-refractivity contribution is -0.145. The minimum Gasteiger partial charge on any atom is -0.456 e. The first-order valence-corrected chi connectivity index (χ1v) is 8.36. The molecule has 2 aliphatic rings. The molecule has 1 aromatic rings. The van der Waals surface area contributed by atoms with Crippen LogP contribution in [0.1, 0.15) is 19.3 Å². The molecule has 0 amide bonds. The molecule has 1 aromatic carbocycles. The normalized spacial score (nSPS) is 29.2. The fourth-order valence-electron chi connectivity index (χ4n) is 3.05. The van der Waals surface area contributed by atoms with Crippen molar-refractivity contribution in [2.24, 2.45) is 5.41 Å². The smallest absolute Gasteiger partial charge is 0.322 e. The van der Waals surface area contributed by atoms with Gasteiger partial charge in [-0.2, -0.15) is 0 Å². The monoisotopic (exact) mass is 303 g/mol. The van der Waals surface area contributed by atoms with Gasteiger partial charge in [-0.3, -0.25) is 9.00 Å². The molecular formula is C16H17NO3S. The molecule has 1 saturated heterocycles. The largest absolute Gasteiger partial charge is 0.456 e. The van der Waals surface area contributed by atoms with E-state index in [1.165, 1.54) is 6.21 Å². The molecule has 0 bridgehead atoms. The average molecular weight is 303 g/mol. The van der Waals surface area contributed by atoms with E-state index in [1.807, 2.05) is 36.4 Å². The van der Waals surface area contributed by atoms with Gasteiger partial charge < -0.3 is 10.1 Å². The van der Waals surface area contributed by atoms with Crippen molar-refractivity contribution in [1.29, 1.82) is 5.41 Å². The van der Waals surface area contributed by atoms with Crippen LogP contribution in [-0.2, 0) is 20.3 Å². The predicted octanol–water partition coefficient (Wildman–Crippen LogP) is 2.47. The van der Waals surface area contributed by atoms with Gasteiger partial charge in [-0.25, -0.2) is 0 Å². The first kappa shape index (κ1) is 14.2. The highest BCUT2D eigenvalue weighted by atomic mass is 32.2. The van der Waals surface area contributed by atoms with E-state index in [0.29, 0.717) is 6.42 Å². The first-order chi connectivity index (χ1) is 10.2. The number of allylic oxidation sites excluding steroid dienone is 1. The summed E-state index contributed by atoms with van der Waals surface area (Å²) < 4.78 is 17.9. The highest BCUT2D eigenvalue weighted by Gasteiger charge is 2.53. The Morgan fingerprint density at radius 2 is 2.14 bits per heavy atom. The van der Waals surface area contributed by atoms with Crippen LogP contribution in [0.3, 0.4) is 0 Å². The fourth-order valence-corrected chi connectivity index (χ4v) is 4.22. The van der Waals surface area contributed by atoms with Gasteiger partial charge in [0.25, 0.3) is 0 Å². The van der Waals surface area contributed by atoms with Crippen LogP contribution < -0.4 is 0 Å². The van der Waals surface area contributed by atoms with Crippen molar-refractivity contribution in [3.8, 4) is 0 Å². The summed E-state index contributed by atoms with van der Waals surface area (Å²) in [4.78, 5) is 12.9. The van der Waals surface area contributed by atoms with Crippen LogP contribution in [0.5, 0.6) is 0 Å². The molecule has 1 aliphatic carbocycles. The molecule has 21 heavy (non-hydrogen) atoms. The molecule has 0 radical (unpaired) electrons. The molecule has 110 valence electrons. The number of fused-ring (bicyclic) bond motifs is 1. The lowest BCUT2D eigenvalue weighted by atomic mass is 9.73. The minimum atomic E-state index is -1.22. The van der Waals surface area contributed by atoms with Gasteiger partial charge in [0.05, 0.1) is 16.6 Å². The number of hydrogen-bond acceptors (Lipinski definition) is 4. The Morgan fingerprint density at radius 3 is 2.86 bits per heavy atom. The van der Waals surface area contributed by atoms with Crippen molar-refractivity contribution in [3.63, 3.8) is 0 Å². The number of benzene rings is 1. The summed E-state index contributed by atoms with van der Waals surface area (Å²) in [7, 11) is -1.22. The number of cyclic esters (lactones) is 1. The van der Waals surface area contributed by atoms with Gasteiger partial charge in [-0.1, -0.05) is 24.3 Å². The average Bonchev–Trinajstić information content (AvgIpc) is 2.81. The zero-order valence-corrected chi connectivity index (χ0v) is 12.4. The molecule has 1 N–H and O–H groups in total. The number of nitrogens with one attached hydrogen (secondary N) is 1. The van der Waals surface area contributed by atoms with Gasteiger partial charge in [-0.05, 0) is 37.0 Å². The molecular weight excluding hydrogens is 286 g/mol. The molecule has 0 saturated carbocycles. The van der Waals surface area contributed by atoms with E-state index < -0.39 is 22.3 Å². The summed E-state index contributed by atoms with van der Waals surface area (Å²) in [5, 5.41) is 7.64. The lowest BCUT2D eigenvalue weighted by Crippen LogP contribution is -2.32. The Morgan fingerprint density at radius 1 is 1.38 bits per heavy atom. The van der Waals surface area contributed by atoms with Gasteiger partial charge in [0.15, 0.2) is 0 Å². The summed E-state index contributed by atoms with van der Waals surface area (Å²) in [5.74, 6) is -0.101. The van der Waals surface area contributed by atoms with E-state index >= 15 is 0 Å². The van der Waals surface area contributed by atoms with E-state index in [4.69, 9.17) is 10.1 Å². The molecule has 4 nitrogen and oxygen atoms in total. The van der Waals surface area contributed by atoms with Crippen molar-refractivity contribution in [2.75, 3.05) is 5.75 Å². The van der Waals surface area contributed by atoms with Gasteiger partial charge in [0.1, 0.15) is 11.5 Å². The SMILES string of the molecule is N=C[C@]12CCCC=C1[C@@H](CS(=O)c1ccccc1)OC2=O. The van der Waals surface area contributed by atoms with E-state index in [1.54, 1.807) is 0 Å². The molecule has 1 unspecified atom stereocenters. The van der Waals surface area contributed by atoms with Crippen LogP contribution in [0, 0.1) is 10.8 Å². The second-order valence-corrected chi connectivity index (χ2v) is 6.88. The van der Waals surface area contributed by atoms with Crippen LogP contribution in [0.15, 0.2) is 46.9 Å². The number of carbonyl (C=O) groups excluding carboxylic acids is 1. The van der Waals surface area contributed by atoms with Gasteiger partial charge in [-0.15, -0.1) is 0 Å². The highest BCUT2D eigenvalue weighted by Crippen LogP contribution is 2.45. The summed E-state index contributed by atoms with van der Waals surface area (Å²) in [6.45, 7) is 0. The zero-order chi connectivity index (χ0) is 14.9. The molecule has 5 heteroatoms. The highest BCUT2D eigenvalue weighted by molar-refractivity contribution is 7.85. The quantitative estimate of drug-likeness (QED) is 0.528. The molecule has 1 fully saturated rings. The van der Waals surface area contributed by atoms with Gasteiger partial charge >= 0.3 is 5.97 Å². The van der Waals surface area contributed by atoms with Crippen molar-refractivity contribution in [2.45, 2.75) is 30.3 Å². The summed E-state index contributed by atoms with van der Waals surface area (Å²) >= 11 is 0. The van der Waals surface area contributed by atoms with Crippen molar-refractivity contribution >= 4 is 23.0 Å². The predicted molar refractivity (Wildman–Crippen MR) is 80.7 cm³/mol. The molecule has 0 spiro atoms. The second kappa shape index (κ2) is 5.56. The molecule has 0 aromatic heterocycles. The van der Waals surface area contributed by atoms with Gasteiger partial charge in [0, 0.05) is 11.1 Å². The summed E-state index contributed by atoms with van der Waals surface area (Å²) in [6, 6.07) is 9.18. The number of esters is 1. The lowest BCUT2D eigenvalue weighted by Gasteiger charge is -2.25. The fraction of sp³-hybridized carbons (Fsp3) is 0.375. The molecule has 3 rings (SSSR count). The third-order valence-electron chi connectivity index (χ3n) is 4.17. The maximum absolute atomic E-state index is 12.4. The van der Waals surface area contributed by atoms with Crippen LogP contribution in [0.4, 0.5) is 0 Å². The summed E-state index contributed by atoms with van der Waals surface area (Å²) in [5.41, 5.74) is -0.0675. The Labute approximate surface area is 126 Å². The molecule has 1 aliphatic heterocycles. The van der Waals surface area contributed by atoms with E-state index in [-0.39, 0.29) is 11.7 Å². The number of ether oxygens (including phenoxy) is 1. The molecule has 3 atom stereocenters. The van der Waals surface area contributed by atoms with Crippen LogP contribution in [-0.4, -0.2) is 28.2 Å². The minimum absolute atomic E-state index is 0.261. The Bertz CT molecular complexity index is 626. The number of hydrogen-bond donors (Lipinski definition) is 1. The van der Waals surface area contributed by atoms with Crippen molar-refractivity contribution < 1.29 is 13.7 Å². The van der Waals surface area contributed by atoms with Crippen LogP contribution in [0.2, 0.25) is 0 Å². The second-order valence-electron chi connectivity index (χ2n) is 5.39. The Kier molecular flexibility index (Phi) is 3.76. The standard InChI is InChI=1S/C16H17NO3S/c17-11-16-9-5-4-8-13(16)14(20-15(16)18)10-21(19)12-6-2-1-3-7-12/h1-3,6-8,11,14,17H,4-5,9-10H2/t14-,16-,21?/m1/s1. The first-order valence-electron chi connectivity index (χ1n) is 7.04. The number of carbonyl (C=O) groups is 1. The zero-order valence-electron chi connectivity index (χ0n) is 11.6. The van der Waals surface area contributed by atoms with Crippen LogP contribution in [0.25, 0.3) is 0 Å². The maximum Gasteiger partial charge on any atom is 0.322 e.